The second-order valence-corrected chi connectivity index (χ2v) is 4.85. The first-order valence-electron chi connectivity index (χ1n) is 4.48. The van der Waals surface area contributed by atoms with Gasteiger partial charge in [0.2, 0.25) is 0 Å². The maximum atomic E-state index is 11.7. The van der Waals surface area contributed by atoms with E-state index in [4.69, 9.17) is 5.26 Å². The lowest BCUT2D eigenvalue weighted by molar-refractivity contribution is 0.676. The summed E-state index contributed by atoms with van der Waals surface area (Å²) in [5, 5.41) is 8.60. The lowest BCUT2D eigenvalue weighted by atomic mass is 10.2. The molecule has 0 N–H and O–H groups in total. The second-order valence-electron chi connectivity index (χ2n) is 3.36. The Morgan fingerprint density at radius 2 is 2.29 bits per heavy atom. The summed E-state index contributed by atoms with van der Waals surface area (Å²) in [7, 11) is -1.05. The molecule has 0 spiro atoms. The van der Waals surface area contributed by atoms with Crippen molar-refractivity contribution in [1.29, 1.82) is 5.26 Å². The first-order valence-corrected chi connectivity index (χ1v) is 5.80. The average molecular weight is 207 g/mol. The fourth-order valence-corrected chi connectivity index (χ4v) is 2.39. The van der Waals surface area contributed by atoms with Crippen molar-refractivity contribution >= 4 is 10.8 Å². The van der Waals surface area contributed by atoms with E-state index in [1.54, 1.807) is 6.92 Å². The van der Waals surface area contributed by atoms with E-state index < -0.39 is 10.8 Å². The molecule has 0 aliphatic rings. The first kappa shape index (κ1) is 10.9. The summed E-state index contributed by atoms with van der Waals surface area (Å²) < 4.78 is 11.7. The van der Waals surface area contributed by atoms with Crippen molar-refractivity contribution in [3.8, 4) is 6.07 Å². The predicted octanol–water partition coefficient (Wildman–Crippen LogP) is 2.26. The van der Waals surface area contributed by atoms with E-state index in [1.807, 2.05) is 31.2 Å². The molecule has 0 aliphatic heterocycles. The highest BCUT2D eigenvalue weighted by Gasteiger charge is 2.08. The lowest BCUT2D eigenvalue weighted by Gasteiger charge is -2.03. The van der Waals surface area contributed by atoms with Gasteiger partial charge in [-0.2, -0.15) is 5.26 Å². The SMILES string of the molecule is Cc1cccc(S(=O)CC(C)C#N)c1. The van der Waals surface area contributed by atoms with Gasteiger partial charge in [-0.3, -0.25) is 4.21 Å². The van der Waals surface area contributed by atoms with E-state index in [1.165, 1.54) is 0 Å². The molecule has 0 aromatic heterocycles. The van der Waals surface area contributed by atoms with Gasteiger partial charge in [-0.1, -0.05) is 12.1 Å². The minimum atomic E-state index is -1.05. The zero-order chi connectivity index (χ0) is 10.6. The normalized spacial score (nSPS) is 14.4. The summed E-state index contributed by atoms with van der Waals surface area (Å²) in [6.45, 7) is 3.75. The second kappa shape index (κ2) is 4.92. The van der Waals surface area contributed by atoms with Crippen LogP contribution in [0.3, 0.4) is 0 Å². The zero-order valence-electron chi connectivity index (χ0n) is 8.36. The van der Waals surface area contributed by atoms with Gasteiger partial charge in [0.25, 0.3) is 0 Å². The summed E-state index contributed by atoms with van der Waals surface area (Å²) in [5.74, 6) is 0.260. The molecule has 74 valence electrons. The molecule has 2 unspecified atom stereocenters. The molecule has 0 saturated carbocycles. The quantitative estimate of drug-likeness (QED) is 0.762. The zero-order valence-corrected chi connectivity index (χ0v) is 9.17. The molecular weight excluding hydrogens is 194 g/mol. The smallest absolute Gasteiger partial charge is 0.0662 e. The fourth-order valence-electron chi connectivity index (χ4n) is 1.12. The maximum Gasteiger partial charge on any atom is 0.0662 e. The molecule has 1 aromatic rings. The van der Waals surface area contributed by atoms with Crippen molar-refractivity contribution in [2.75, 3.05) is 5.75 Å². The van der Waals surface area contributed by atoms with Crippen LogP contribution in [-0.2, 0) is 10.8 Å². The van der Waals surface area contributed by atoms with Crippen molar-refractivity contribution in [1.82, 2.24) is 0 Å². The molecule has 0 heterocycles. The number of nitrogens with zero attached hydrogens (tertiary/aromatic N) is 1. The highest BCUT2D eigenvalue weighted by Crippen LogP contribution is 2.11. The predicted molar refractivity (Wildman–Crippen MR) is 57.2 cm³/mol. The van der Waals surface area contributed by atoms with Crippen molar-refractivity contribution in [2.24, 2.45) is 5.92 Å². The average Bonchev–Trinajstić information content (AvgIpc) is 2.17. The molecule has 2 nitrogen and oxygen atoms in total. The molecule has 3 heteroatoms. The van der Waals surface area contributed by atoms with Crippen LogP contribution in [0.1, 0.15) is 12.5 Å². The maximum absolute atomic E-state index is 11.7. The topological polar surface area (TPSA) is 40.9 Å². The van der Waals surface area contributed by atoms with Crippen LogP contribution in [0, 0.1) is 24.2 Å². The van der Waals surface area contributed by atoms with Gasteiger partial charge in [0.15, 0.2) is 0 Å². The standard InChI is InChI=1S/C11H13NOS/c1-9-4-3-5-11(6-9)14(13)8-10(2)7-12/h3-6,10H,8H2,1-2H3. The van der Waals surface area contributed by atoms with Crippen LogP contribution in [-0.4, -0.2) is 9.96 Å². The minimum Gasteiger partial charge on any atom is -0.254 e. The molecule has 1 rings (SSSR count). The van der Waals surface area contributed by atoms with E-state index in [0.717, 1.165) is 10.5 Å². The van der Waals surface area contributed by atoms with Crippen molar-refractivity contribution in [3.63, 3.8) is 0 Å². The third kappa shape index (κ3) is 2.97. The monoisotopic (exact) mass is 207 g/mol. The highest BCUT2D eigenvalue weighted by molar-refractivity contribution is 7.85. The van der Waals surface area contributed by atoms with Gasteiger partial charge in [0.1, 0.15) is 0 Å². The lowest BCUT2D eigenvalue weighted by Crippen LogP contribution is -2.06. The number of aryl methyl sites for hydroxylation is 1. The van der Waals surface area contributed by atoms with Crippen molar-refractivity contribution in [3.05, 3.63) is 29.8 Å². The van der Waals surface area contributed by atoms with Crippen molar-refractivity contribution in [2.45, 2.75) is 18.7 Å². The Kier molecular flexibility index (Phi) is 3.84. The Balaban J connectivity index is 2.76. The molecule has 0 bridgehead atoms. The summed E-state index contributed by atoms with van der Waals surface area (Å²) in [5.41, 5.74) is 1.10. The van der Waals surface area contributed by atoms with Crippen LogP contribution in [0.2, 0.25) is 0 Å². The van der Waals surface area contributed by atoms with Crippen LogP contribution in [0.15, 0.2) is 29.2 Å². The number of hydrogen-bond donors (Lipinski definition) is 0. The number of hydrogen-bond acceptors (Lipinski definition) is 2. The molecule has 0 saturated heterocycles. The minimum absolute atomic E-state index is 0.156. The Morgan fingerprint density at radius 1 is 1.57 bits per heavy atom. The van der Waals surface area contributed by atoms with Gasteiger partial charge in [-0.25, -0.2) is 0 Å². The van der Waals surface area contributed by atoms with Gasteiger partial charge >= 0.3 is 0 Å². The van der Waals surface area contributed by atoms with Crippen molar-refractivity contribution < 1.29 is 4.21 Å². The molecule has 0 fully saturated rings. The van der Waals surface area contributed by atoms with Gasteiger partial charge in [0.05, 0.1) is 22.8 Å². The summed E-state index contributed by atoms with van der Waals surface area (Å²) in [6.07, 6.45) is 0. The van der Waals surface area contributed by atoms with Gasteiger partial charge in [-0.05, 0) is 31.5 Å². The van der Waals surface area contributed by atoms with E-state index in [0.29, 0.717) is 5.75 Å². The summed E-state index contributed by atoms with van der Waals surface area (Å²) >= 11 is 0. The van der Waals surface area contributed by atoms with Crippen LogP contribution >= 0.6 is 0 Å². The fraction of sp³-hybridized carbons (Fsp3) is 0.364. The summed E-state index contributed by atoms with van der Waals surface area (Å²) in [4.78, 5) is 0.812. The van der Waals surface area contributed by atoms with Crippen LogP contribution in [0.4, 0.5) is 0 Å². The molecule has 14 heavy (non-hydrogen) atoms. The largest absolute Gasteiger partial charge is 0.254 e. The molecule has 0 aliphatic carbocycles. The third-order valence-electron chi connectivity index (χ3n) is 1.87. The first-order chi connectivity index (χ1) is 6.63. The Hall–Kier alpha value is -1.14. The Labute approximate surface area is 87.0 Å². The molecule has 1 aromatic carbocycles. The number of rotatable bonds is 3. The molecule has 0 amide bonds. The number of benzene rings is 1. The third-order valence-corrected chi connectivity index (χ3v) is 3.46. The molecule has 2 atom stereocenters. The van der Waals surface area contributed by atoms with Gasteiger partial charge < -0.3 is 0 Å². The Bertz CT molecular complexity index is 381. The van der Waals surface area contributed by atoms with E-state index >= 15 is 0 Å². The number of nitriles is 1. The van der Waals surface area contributed by atoms with Crippen LogP contribution in [0.5, 0.6) is 0 Å². The Morgan fingerprint density at radius 3 is 2.86 bits per heavy atom. The van der Waals surface area contributed by atoms with Crippen LogP contribution < -0.4 is 0 Å². The van der Waals surface area contributed by atoms with E-state index in [-0.39, 0.29) is 5.92 Å². The van der Waals surface area contributed by atoms with Crippen LogP contribution in [0.25, 0.3) is 0 Å². The van der Waals surface area contributed by atoms with Gasteiger partial charge in [-0.15, -0.1) is 0 Å². The van der Waals surface area contributed by atoms with E-state index in [2.05, 4.69) is 6.07 Å². The molecule has 0 radical (unpaired) electrons. The highest BCUT2D eigenvalue weighted by atomic mass is 32.2. The van der Waals surface area contributed by atoms with E-state index in [9.17, 15) is 4.21 Å². The molecular formula is C11H13NOS. The van der Waals surface area contributed by atoms with Gasteiger partial charge in [0, 0.05) is 10.6 Å². The summed E-state index contributed by atoms with van der Waals surface area (Å²) in [6, 6.07) is 9.69.